The molecule has 0 radical (unpaired) electrons. The second-order valence-electron chi connectivity index (χ2n) is 6.04. The van der Waals surface area contributed by atoms with Crippen LogP contribution in [0.25, 0.3) is 0 Å². The Hall–Kier alpha value is -0.0800. The average molecular weight is 240 g/mol. The first kappa shape index (κ1) is 15.0. The van der Waals surface area contributed by atoms with Crippen LogP contribution in [0, 0.1) is 5.41 Å². The van der Waals surface area contributed by atoms with E-state index in [4.69, 9.17) is 0 Å². The minimum Gasteiger partial charge on any atom is -0.319 e. The highest BCUT2D eigenvalue weighted by molar-refractivity contribution is 4.86. The summed E-state index contributed by atoms with van der Waals surface area (Å²) in [6.45, 7) is 6.05. The molecule has 1 rings (SSSR count). The van der Waals surface area contributed by atoms with Crippen LogP contribution in [0.3, 0.4) is 0 Å². The second-order valence-corrected chi connectivity index (χ2v) is 6.04. The molecule has 0 heterocycles. The standard InChI is InChI=1S/C15H32N2/c1-4-5-9-12-17(3)14-15(13-16-2)10-7-6-8-11-15/h16H,4-14H2,1-3H3. The van der Waals surface area contributed by atoms with Crippen molar-refractivity contribution < 1.29 is 0 Å². The predicted molar refractivity (Wildman–Crippen MR) is 76.5 cm³/mol. The molecule has 0 aromatic heterocycles. The van der Waals surface area contributed by atoms with Gasteiger partial charge in [-0.05, 0) is 45.3 Å². The third-order valence-electron chi connectivity index (χ3n) is 4.21. The Bertz CT molecular complexity index is 180. The van der Waals surface area contributed by atoms with Crippen LogP contribution in [0.2, 0.25) is 0 Å². The molecule has 0 unspecified atom stereocenters. The van der Waals surface area contributed by atoms with E-state index in [1.807, 2.05) is 0 Å². The molecule has 1 fully saturated rings. The summed E-state index contributed by atoms with van der Waals surface area (Å²) in [6.07, 6.45) is 11.2. The van der Waals surface area contributed by atoms with E-state index in [0.29, 0.717) is 5.41 Å². The fourth-order valence-corrected chi connectivity index (χ4v) is 3.35. The van der Waals surface area contributed by atoms with Crippen molar-refractivity contribution in [1.82, 2.24) is 10.2 Å². The van der Waals surface area contributed by atoms with Crippen molar-refractivity contribution in [3.05, 3.63) is 0 Å². The number of hydrogen-bond donors (Lipinski definition) is 1. The second kappa shape index (κ2) is 8.10. The minimum atomic E-state index is 0.563. The van der Waals surface area contributed by atoms with Crippen molar-refractivity contribution >= 4 is 0 Å². The Morgan fingerprint density at radius 1 is 1.12 bits per heavy atom. The zero-order chi connectivity index (χ0) is 12.6. The first-order valence-electron chi connectivity index (χ1n) is 7.55. The maximum absolute atomic E-state index is 3.42. The maximum atomic E-state index is 3.42. The van der Waals surface area contributed by atoms with Crippen LogP contribution < -0.4 is 5.32 Å². The van der Waals surface area contributed by atoms with Crippen molar-refractivity contribution in [2.24, 2.45) is 5.41 Å². The Labute approximate surface area is 108 Å². The van der Waals surface area contributed by atoms with Gasteiger partial charge in [-0.3, -0.25) is 0 Å². The van der Waals surface area contributed by atoms with Gasteiger partial charge < -0.3 is 10.2 Å². The molecule has 2 nitrogen and oxygen atoms in total. The summed E-state index contributed by atoms with van der Waals surface area (Å²) < 4.78 is 0. The largest absolute Gasteiger partial charge is 0.319 e. The van der Waals surface area contributed by atoms with Gasteiger partial charge in [0.25, 0.3) is 0 Å². The van der Waals surface area contributed by atoms with Gasteiger partial charge in [0, 0.05) is 13.1 Å². The van der Waals surface area contributed by atoms with Crippen molar-refractivity contribution in [2.75, 3.05) is 33.7 Å². The lowest BCUT2D eigenvalue weighted by atomic mass is 9.73. The molecule has 0 aromatic rings. The van der Waals surface area contributed by atoms with E-state index < -0.39 is 0 Å². The highest BCUT2D eigenvalue weighted by Gasteiger charge is 2.32. The molecule has 1 saturated carbocycles. The molecular weight excluding hydrogens is 208 g/mol. The number of unbranched alkanes of at least 4 members (excludes halogenated alkanes) is 2. The Balaban J connectivity index is 2.36. The van der Waals surface area contributed by atoms with Gasteiger partial charge >= 0.3 is 0 Å². The van der Waals surface area contributed by atoms with Crippen LogP contribution in [0.15, 0.2) is 0 Å². The molecule has 0 atom stereocenters. The molecule has 0 aromatic carbocycles. The first-order valence-corrected chi connectivity index (χ1v) is 7.55. The molecule has 0 saturated heterocycles. The topological polar surface area (TPSA) is 15.3 Å². The quantitative estimate of drug-likeness (QED) is 0.655. The SMILES string of the molecule is CCCCCN(C)CC1(CNC)CCCCC1. The lowest BCUT2D eigenvalue weighted by molar-refractivity contribution is 0.119. The van der Waals surface area contributed by atoms with Gasteiger partial charge in [-0.15, -0.1) is 0 Å². The summed E-state index contributed by atoms with van der Waals surface area (Å²) in [4.78, 5) is 2.57. The number of rotatable bonds is 8. The molecular formula is C15H32N2. The highest BCUT2D eigenvalue weighted by atomic mass is 15.1. The third kappa shape index (κ3) is 5.39. The lowest BCUT2D eigenvalue weighted by Gasteiger charge is -2.40. The van der Waals surface area contributed by atoms with Crippen LogP contribution >= 0.6 is 0 Å². The Kier molecular flexibility index (Phi) is 7.14. The van der Waals surface area contributed by atoms with Crippen LogP contribution in [-0.2, 0) is 0 Å². The van der Waals surface area contributed by atoms with Gasteiger partial charge in [0.15, 0.2) is 0 Å². The molecule has 2 heteroatoms. The van der Waals surface area contributed by atoms with E-state index in [2.05, 4.69) is 31.2 Å². The average Bonchev–Trinajstić information content (AvgIpc) is 2.30. The van der Waals surface area contributed by atoms with Gasteiger partial charge in [-0.25, -0.2) is 0 Å². The van der Waals surface area contributed by atoms with E-state index >= 15 is 0 Å². The van der Waals surface area contributed by atoms with Gasteiger partial charge in [0.2, 0.25) is 0 Å². The summed E-state index contributed by atoms with van der Waals surface area (Å²) in [5, 5.41) is 3.42. The molecule has 17 heavy (non-hydrogen) atoms. The first-order chi connectivity index (χ1) is 8.22. The van der Waals surface area contributed by atoms with Gasteiger partial charge in [0.05, 0.1) is 0 Å². The zero-order valence-corrected chi connectivity index (χ0v) is 12.2. The molecule has 1 aliphatic rings. The normalized spacial score (nSPS) is 19.8. The van der Waals surface area contributed by atoms with Gasteiger partial charge in [-0.1, -0.05) is 39.0 Å². The van der Waals surface area contributed by atoms with Crippen LogP contribution in [0.1, 0.15) is 58.3 Å². The van der Waals surface area contributed by atoms with Crippen LogP contribution in [0.5, 0.6) is 0 Å². The van der Waals surface area contributed by atoms with Gasteiger partial charge in [-0.2, -0.15) is 0 Å². The molecule has 0 aliphatic heterocycles. The van der Waals surface area contributed by atoms with E-state index in [1.54, 1.807) is 0 Å². The fourth-order valence-electron chi connectivity index (χ4n) is 3.35. The molecule has 1 N–H and O–H groups in total. The number of hydrogen-bond acceptors (Lipinski definition) is 2. The molecule has 0 bridgehead atoms. The molecule has 0 amide bonds. The van der Waals surface area contributed by atoms with Crippen molar-refractivity contribution in [3.8, 4) is 0 Å². The van der Waals surface area contributed by atoms with Gasteiger partial charge in [0.1, 0.15) is 0 Å². The Morgan fingerprint density at radius 2 is 1.82 bits per heavy atom. The number of nitrogens with zero attached hydrogens (tertiary/aromatic N) is 1. The summed E-state index contributed by atoms with van der Waals surface area (Å²) in [5.74, 6) is 0. The van der Waals surface area contributed by atoms with Crippen molar-refractivity contribution in [2.45, 2.75) is 58.3 Å². The summed E-state index contributed by atoms with van der Waals surface area (Å²) >= 11 is 0. The van der Waals surface area contributed by atoms with Crippen LogP contribution in [0.4, 0.5) is 0 Å². The van der Waals surface area contributed by atoms with E-state index in [-0.39, 0.29) is 0 Å². The zero-order valence-electron chi connectivity index (χ0n) is 12.2. The van der Waals surface area contributed by atoms with E-state index in [1.165, 1.54) is 71.0 Å². The van der Waals surface area contributed by atoms with E-state index in [0.717, 1.165) is 0 Å². The van der Waals surface area contributed by atoms with Crippen molar-refractivity contribution in [3.63, 3.8) is 0 Å². The summed E-state index contributed by atoms with van der Waals surface area (Å²) in [5.41, 5.74) is 0.563. The third-order valence-corrected chi connectivity index (χ3v) is 4.21. The fraction of sp³-hybridized carbons (Fsp3) is 1.00. The molecule has 0 spiro atoms. The predicted octanol–water partition coefficient (Wildman–Crippen LogP) is 3.28. The lowest BCUT2D eigenvalue weighted by Crippen LogP contribution is -2.43. The monoisotopic (exact) mass is 240 g/mol. The Morgan fingerprint density at radius 3 is 2.41 bits per heavy atom. The highest BCUT2D eigenvalue weighted by Crippen LogP contribution is 2.36. The van der Waals surface area contributed by atoms with E-state index in [9.17, 15) is 0 Å². The maximum Gasteiger partial charge on any atom is 0.00471 e. The summed E-state index contributed by atoms with van der Waals surface area (Å²) in [6, 6.07) is 0. The molecule has 102 valence electrons. The summed E-state index contributed by atoms with van der Waals surface area (Å²) in [7, 11) is 4.41. The minimum absolute atomic E-state index is 0.563. The van der Waals surface area contributed by atoms with Crippen LogP contribution in [-0.4, -0.2) is 38.6 Å². The smallest absolute Gasteiger partial charge is 0.00471 e. The molecule has 1 aliphatic carbocycles. The van der Waals surface area contributed by atoms with Crippen molar-refractivity contribution in [1.29, 1.82) is 0 Å². The number of nitrogens with one attached hydrogen (secondary N) is 1.